The van der Waals surface area contributed by atoms with Gasteiger partial charge in [0.1, 0.15) is 17.3 Å². The van der Waals surface area contributed by atoms with Crippen LogP contribution in [0.1, 0.15) is 10.5 Å². The zero-order valence-corrected chi connectivity index (χ0v) is 11.7. The molecule has 0 spiro atoms. The molecule has 0 radical (unpaired) electrons. The summed E-state index contributed by atoms with van der Waals surface area (Å²) in [6.45, 7) is 0. The Hall–Kier alpha value is -2.82. The van der Waals surface area contributed by atoms with Crippen molar-refractivity contribution in [3.8, 4) is 17.1 Å². The van der Waals surface area contributed by atoms with Crippen LogP contribution in [0.15, 0.2) is 42.6 Å². The number of hydrogen-bond donors (Lipinski definition) is 1. The Morgan fingerprint density at radius 1 is 1.14 bits per heavy atom. The molecule has 1 heterocycles. The van der Waals surface area contributed by atoms with Crippen molar-refractivity contribution in [2.75, 3.05) is 14.2 Å². The summed E-state index contributed by atoms with van der Waals surface area (Å²) in [5.41, 5.74) is 1.13. The number of hydrogen-bond acceptors (Lipinski definition) is 4. The fourth-order valence-electron chi connectivity index (χ4n) is 2.33. The molecule has 0 fully saturated rings. The molecular weight excluding hydrogens is 268 g/mol. The van der Waals surface area contributed by atoms with Crippen LogP contribution >= 0.6 is 0 Å². The lowest BCUT2D eigenvalue weighted by Gasteiger charge is -2.10. The summed E-state index contributed by atoms with van der Waals surface area (Å²) in [4.78, 5) is 18.8. The van der Waals surface area contributed by atoms with Gasteiger partial charge in [-0.2, -0.15) is 0 Å². The summed E-state index contributed by atoms with van der Waals surface area (Å²) in [6.07, 6.45) is 1.46. The highest BCUT2D eigenvalue weighted by atomic mass is 16.5. The molecule has 1 N–H and O–H groups in total. The normalized spacial score (nSPS) is 10.6. The third-order valence-electron chi connectivity index (χ3n) is 3.33. The van der Waals surface area contributed by atoms with E-state index in [1.165, 1.54) is 13.3 Å². The summed E-state index contributed by atoms with van der Waals surface area (Å²) in [7, 11) is 2.94. The first kappa shape index (κ1) is 13.2. The van der Waals surface area contributed by atoms with Crippen LogP contribution in [0.3, 0.4) is 0 Å². The van der Waals surface area contributed by atoms with Crippen molar-refractivity contribution in [3.05, 3.63) is 48.3 Å². The third kappa shape index (κ3) is 2.23. The average Bonchev–Trinajstić information content (AvgIpc) is 3.02. The number of aromatic nitrogens is 2. The van der Waals surface area contributed by atoms with E-state index < -0.39 is 5.97 Å². The number of nitrogens with zero attached hydrogens (tertiary/aromatic N) is 1. The zero-order chi connectivity index (χ0) is 14.8. The smallest absolute Gasteiger partial charge is 0.356 e. The van der Waals surface area contributed by atoms with E-state index in [2.05, 4.69) is 14.7 Å². The second kappa shape index (κ2) is 5.28. The van der Waals surface area contributed by atoms with Crippen molar-refractivity contribution in [1.82, 2.24) is 9.97 Å². The largest absolute Gasteiger partial charge is 0.496 e. The molecule has 21 heavy (non-hydrogen) atoms. The Balaban J connectivity index is 2.23. The summed E-state index contributed by atoms with van der Waals surface area (Å²) < 4.78 is 10.1. The van der Waals surface area contributed by atoms with Crippen LogP contribution in [0, 0.1) is 0 Å². The Morgan fingerprint density at radius 2 is 1.95 bits per heavy atom. The number of rotatable bonds is 3. The van der Waals surface area contributed by atoms with Gasteiger partial charge in [0.05, 0.1) is 26.0 Å². The Labute approximate surface area is 121 Å². The number of nitrogens with one attached hydrogen (secondary N) is 1. The maximum atomic E-state index is 11.6. The first-order valence-corrected chi connectivity index (χ1v) is 6.44. The zero-order valence-electron chi connectivity index (χ0n) is 11.7. The maximum Gasteiger partial charge on any atom is 0.356 e. The Morgan fingerprint density at radius 3 is 2.71 bits per heavy atom. The molecule has 5 nitrogen and oxygen atoms in total. The molecule has 3 rings (SSSR count). The highest BCUT2D eigenvalue weighted by Crippen LogP contribution is 2.35. The minimum atomic E-state index is -0.451. The van der Waals surface area contributed by atoms with Gasteiger partial charge in [0, 0.05) is 0 Å². The minimum Gasteiger partial charge on any atom is -0.496 e. The molecule has 0 aliphatic heterocycles. The van der Waals surface area contributed by atoms with E-state index in [-0.39, 0.29) is 0 Å². The van der Waals surface area contributed by atoms with Crippen LogP contribution < -0.4 is 4.74 Å². The molecule has 0 bridgehead atoms. The summed E-state index contributed by atoms with van der Waals surface area (Å²) in [6, 6.07) is 11.8. The molecule has 2 aromatic carbocycles. The van der Waals surface area contributed by atoms with Crippen molar-refractivity contribution in [3.63, 3.8) is 0 Å². The number of ether oxygens (including phenoxy) is 2. The number of aromatic amines is 1. The van der Waals surface area contributed by atoms with E-state index in [9.17, 15) is 4.79 Å². The topological polar surface area (TPSA) is 64.2 Å². The van der Waals surface area contributed by atoms with Gasteiger partial charge in [-0.3, -0.25) is 0 Å². The molecule has 3 aromatic rings. The number of imidazole rings is 1. The number of esters is 1. The van der Waals surface area contributed by atoms with Gasteiger partial charge in [-0.1, -0.05) is 30.3 Å². The van der Waals surface area contributed by atoms with Gasteiger partial charge in [0.2, 0.25) is 0 Å². The van der Waals surface area contributed by atoms with Gasteiger partial charge in [0.15, 0.2) is 0 Å². The van der Waals surface area contributed by atoms with Gasteiger partial charge in [-0.15, -0.1) is 0 Å². The van der Waals surface area contributed by atoms with Crippen LogP contribution in [-0.2, 0) is 4.74 Å². The highest BCUT2D eigenvalue weighted by Gasteiger charge is 2.16. The Bertz CT molecular complexity index is 808. The van der Waals surface area contributed by atoms with E-state index >= 15 is 0 Å². The van der Waals surface area contributed by atoms with Gasteiger partial charge in [-0.25, -0.2) is 9.78 Å². The predicted molar refractivity (Wildman–Crippen MR) is 79.4 cm³/mol. The Kier molecular flexibility index (Phi) is 3.31. The van der Waals surface area contributed by atoms with Crippen LogP contribution in [0.4, 0.5) is 0 Å². The number of carbonyl (C=O) groups excluding carboxylic acids is 1. The molecule has 0 saturated heterocycles. The molecule has 106 valence electrons. The standard InChI is InChI=1S/C16H14N2O3/c1-20-13-8-7-10-5-3-4-6-11(10)14(13)15-17-9-12(18-15)16(19)21-2/h3-9H,1-2H3,(H,17,18). The molecule has 0 amide bonds. The highest BCUT2D eigenvalue weighted by molar-refractivity contribution is 5.99. The van der Waals surface area contributed by atoms with E-state index in [1.807, 2.05) is 36.4 Å². The van der Waals surface area contributed by atoms with E-state index in [0.717, 1.165) is 16.3 Å². The summed E-state index contributed by atoms with van der Waals surface area (Å²) in [5, 5.41) is 2.08. The number of fused-ring (bicyclic) bond motifs is 1. The van der Waals surface area contributed by atoms with Crippen molar-refractivity contribution in [2.45, 2.75) is 0 Å². The quantitative estimate of drug-likeness (QED) is 0.750. The van der Waals surface area contributed by atoms with Crippen LogP contribution in [0.2, 0.25) is 0 Å². The third-order valence-corrected chi connectivity index (χ3v) is 3.33. The molecular formula is C16H14N2O3. The minimum absolute atomic E-state index is 0.308. The molecule has 1 aromatic heterocycles. The molecule has 5 heteroatoms. The van der Waals surface area contributed by atoms with Crippen LogP contribution in [0.25, 0.3) is 22.2 Å². The lowest BCUT2D eigenvalue weighted by Crippen LogP contribution is -2.01. The van der Waals surface area contributed by atoms with Crippen molar-refractivity contribution >= 4 is 16.7 Å². The van der Waals surface area contributed by atoms with Crippen molar-refractivity contribution < 1.29 is 14.3 Å². The SMILES string of the molecule is COC(=O)c1cnc(-c2c(OC)ccc3ccccc23)[nH]1. The lowest BCUT2D eigenvalue weighted by atomic mass is 10.0. The van der Waals surface area contributed by atoms with Crippen molar-refractivity contribution in [1.29, 1.82) is 0 Å². The van der Waals surface area contributed by atoms with Gasteiger partial charge in [0.25, 0.3) is 0 Å². The molecule has 0 atom stereocenters. The summed E-state index contributed by atoms with van der Waals surface area (Å²) >= 11 is 0. The van der Waals surface area contributed by atoms with Gasteiger partial charge in [-0.05, 0) is 16.8 Å². The maximum absolute atomic E-state index is 11.6. The average molecular weight is 282 g/mol. The van der Waals surface area contributed by atoms with Crippen LogP contribution in [0.5, 0.6) is 5.75 Å². The number of methoxy groups -OCH3 is 2. The first-order valence-electron chi connectivity index (χ1n) is 6.44. The number of benzene rings is 2. The monoisotopic (exact) mass is 282 g/mol. The fraction of sp³-hybridized carbons (Fsp3) is 0.125. The molecule has 0 aliphatic rings. The number of carbonyl (C=O) groups is 1. The fourth-order valence-corrected chi connectivity index (χ4v) is 2.33. The molecule has 0 unspecified atom stereocenters. The van der Waals surface area contributed by atoms with E-state index in [0.29, 0.717) is 17.3 Å². The second-order valence-electron chi connectivity index (χ2n) is 4.50. The molecule has 0 aliphatic carbocycles. The van der Waals surface area contributed by atoms with Crippen molar-refractivity contribution in [2.24, 2.45) is 0 Å². The van der Waals surface area contributed by atoms with Gasteiger partial charge < -0.3 is 14.5 Å². The van der Waals surface area contributed by atoms with E-state index in [1.54, 1.807) is 7.11 Å². The molecule has 0 saturated carbocycles. The summed E-state index contributed by atoms with van der Waals surface area (Å²) in [5.74, 6) is 0.816. The van der Waals surface area contributed by atoms with Crippen LogP contribution in [-0.4, -0.2) is 30.2 Å². The lowest BCUT2D eigenvalue weighted by molar-refractivity contribution is 0.0595. The van der Waals surface area contributed by atoms with Gasteiger partial charge >= 0.3 is 5.97 Å². The second-order valence-corrected chi connectivity index (χ2v) is 4.50. The van der Waals surface area contributed by atoms with E-state index in [4.69, 9.17) is 4.74 Å². The first-order chi connectivity index (χ1) is 10.2. The number of H-pyrrole nitrogens is 1. The predicted octanol–water partition coefficient (Wildman–Crippen LogP) is 3.03.